The highest BCUT2D eigenvalue weighted by molar-refractivity contribution is 9.10. The van der Waals surface area contributed by atoms with E-state index in [0.717, 1.165) is 15.6 Å². The van der Waals surface area contributed by atoms with Crippen LogP contribution in [0.15, 0.2) is 81.6 Å². The monoisotopic (exact) mass is 439 g/mol. The quantitative estimate of drug-likeness (QED) is 0.600. The number of amides is 1. The lowest BCUT2D eigenvalue weighted by Gasteiger charge is -2.27. The molecule has 0 saturated heterocycles. The molecule has 1 atom stereocenters. The molecular weight excluding hydrogens is 422 g/mol. The third-order valence-electron chi connectivity index (χ3n) is 4.78. The van der Waals surface area contributed by atoms with Gasteiger partial charge in [-0.3, -0.25) is 4.79 Å². The van der Waals surface area contributed by atoms with Gasteiger partial charge in [-0.15, -0.1) is 0 Å². The number of hydrogen-bond donors (Lipinski definition) is 1. The fourth-order valence-corrected chi connectivity index (χ4v) is 3.89. The van der Waals surface area contributed by atoms with Crippen molar-refractivity contribution in [1.82, 2.24) is 4.90 Å². The molecule has 1 N–H and O–H groups in total. The molecule has 28 heavy (non-hydrogen) atoms. The van der Waals surface area contributed by atoms with E-state index in [2.05, 4.69) is 15.9 Å². The number of carbonyl (C=O) groups is 1. The maximum absolute atomic E-state index is 12.9. The van der Waals surface area contributed by atoms with Crippen molar-refractivity contribution in [2.75, 3.05) is 7.11 Å². The van der Waals surface area contributed by atoms with Crippen LogP contribution in [0.2, 0.25) is 0 Å². The molecule has 1 amide bonds. The average molecular weight is 440 g/mol. The number of aliphatic hydroxyl groups excluding tert-OH is 1. The second-order valence-corrected chi connectivity index (χ2v) is 7.38. The third-order valence-corrected chi connectivity index (χ3v) is 5.27. The van der Waals surface area contributed by atoms with Crippen molar-refractivity contribution in [3.63, 3.8) is 0 Å². The van der Waals surface area contributed by atoms with Gasteiger partial charge in [0.05, 0.1) is 26.0 Å². The molecule has 1 aliphatic heterocycles. The first-order chi connectivity index (χ1) is 13.6. The molecule has 6 heteroatoms. The molecule has 0 saturated carbocycles. The van der Waals surface area contributed by atoms with E-state index >= 15 is 0 Å². The van der Waals surface area contributed by atoms with Crippen molar-refractivity contribution in [3.8, 4) is 5.75 Å². The zero-order valence-corrected chi connectivity index (χ0v) is 16.7. The van der Waals surface area contributed by atoms with Crippen LogP contribution in [0, 0.1) is 0 Å². The van der Waals surface area contributed by atoms with Gasteiger partial charge in [0.15, 0.2) is 5.76 Å². The van der Waals surface area contributed by atoms with Gasteiger partial charge < -0.3 is 19.2 Å². The maximum Gasteiger partial charge on any atom is 0.290 e. The first-order valence-corrected chi connectivity index (χ1v) is 9.54. The number of furan rings is 1. The molecule has 142 valence electrons. The van der Waals surface area contributed by atoms with E-state index in [1.807, 2.05) is 54.6 Å². The molecule has 4 rings (SSSR count). The first-order valence-electron chi connectivity index (χ1n) is 8.75. The summed E-state index contributed by atoms with van der Waals surface area (Å²) in [5.41, 5.74) is 2.22. The molecule has 2 aromatic carbocycles. The van der Waals surface area contributed by atoms with E-state index in [4.69, 9.17) is 9.15 Å². The van der Waals surface area contributed by atoms with E-state index in [1.54, 1.807) is 24.3 Å². The molecule has 0 fully saturated rings. The van der Waals surface area contributed by atoms with E-state index < -0.39 is 11.9 Å². The van der Waals surface area contributed by atoms with Gasteiger partial charge in [0.2, 0.25) is 0 Å². The smallest absolute Gasteiger partial charge is 0.290 e. The minimum absolute atomic E-state index is 0.248. The summed E-state index contributed by atoms with van der Waals surface area (Å²) < 4.78 is 11.6. The lowest BCUT2D eigenvalue weighted by molar-refractivity contribution is -0.130. The molecule has 2 heterocycles. The van der Waals surface area contributed by atoms with Gasteiger partial charge in [0.25, 0.3) is 5.91 Å². The summed E-state index contributed by atoms with van der Waals surface area (Å²) in [7, 11) is 1.60. The van der Waals surface area contributed by atoms with Crippen molar-refractivity contribution in [2.24, 2.45) is 0 Å². The summed E-state index contributed by atoms with van der Waals surface area (Å²) in [5.74, 6) is 0.686. The van der Waals surface area contributed by atoms with Crippen LogP contribution in [0.3, 0.4) is 0 Å². The van der Waals surface area contributed by atoms with Crippen LogP contribution in [-0.4, -0.2) is 23.0 Å². The van der Waals surface area contributed by atoms with Gasteiger partial charge >= 0.3 is 0 Å². The third kappa shape index (κ3) is 3.31. The van der Waals surface area contributed by atoms with Crippen molar-refractivity contribution < 1.29 is 19.1 Å². The van der Waals surface area contributed by atoms with Gasteiger partial charge in [0, 0.05) is 10.0 Å². The zero-order chi connectivity index (χ0) is 19.7. The summed E-state index contributed by atoms with van der Waals surface area (Å²) in [6.07, 6.45) is 1.57. The topological polar surface area (TPSA) is 62.9 Å². The largest absolute Gasteiger partial charge is 0.503 e. The number of carbonyl (C=O) groups excluding carboxylic acids is 1. The summed E-state index contributed by atoms with van der Waals surface area (Å²) in [5, 5.41) is 10.8. The predicted molar refractivity (Wildman–Crippen MR) is 109 cm³/mol. The highest BCUT2D eigenvalue weighted by atomic mass is 79.9. The summed E-state index contributed by atoms with van der Waals surface area (Å²) in [4.78, 5) is 14.6. The van der Waals surface area contributed by atoms with Crippen LogP contribution in [-0.2, 0) is 11.3 Å². The average Bonchev–Trinajstić information content (AvgIpc) is 3.30. The summed E-state index contributed by atoms with van der Waals surface area (Å²) in [6, 6.07) is 18.2. The van der Waals surface area contributed by atoms with Gasteiger partial charge in [0.1, 0.15) is 11.5 Å². The Morgan fingerprint density at radius 2 is 1.93 bits per heavy atom. The highest BCUT2D eigenvalue weighted by Crippen LogP contribution is 2.44. The molecular formula is C22H18BrNO4. The van der Waals surface area contributed by atoms with Crippen molar-refractivity contribution in [3.05, 3.63) is 94.0 Å². The number of nitrogens with zero attached hydrogens (tertiary/aromatic N) is 1. The summed E-state index contributed by atoms with van der Waals surface area (Å²) >= 11 is 3.50. The van der Waals surface area contributed by atoms with Crippen molar-refractivity contribution >= 4 is 27.4 Å². The molecule has 0 spiro atoms. The predicted octanol–water partition coefficient (Wildman–Crippen LogP) is 5.10. The van der Waals surface area contributed by atoms with E-state index in [9.17, 15) is 9.90 Å². The number of ether oxygens (including phenoxy) is 1. The van der Waals surface area contributed by atoms with Crippen LogP contribution in [0.5, 0.6) is 5.75 Å². The zero-order valence-electron chi connectivity index (χ0n) is 15.1. The van der Waals surface area contributed by atoms with Gasteiger partial charge in [-0.05, 0) is 47.5 Å². The molecule has 0 aliphatic carbocycles. The lowest BCUT2D eigenvalue weighted by Crippen LogP contribution is -2.29. The molecule has 1 unspecified atom stereocenters. The number of halogens is 1. The molecule has 1 aliphatic rings. The van der Waals surface area contributed by atoms with Crippen molar-refractivity contribution in [2.45, 2.75) is 12.6 Å². The molecule has 1 aromatic heterocycles. The Hall–Kier alpha value is -2.99. The normalized spacial score (nSPS) is 16.7. The van der Waals surface area contributed by atoms with E-state index in [1.165, 1.54) is 0 Å². The Balaban J connectivity index is 1.82. The maximum atomic E-state index is 12.9. The van der Waals surface area contributed by atoms with Crippen LogP contribution >= 0.6 is 15.9 Å². The van der Waals surface area contributed by atoms with Gasteiger partial charge in [-0.25, -0.2) is 0 Å². The molecule has 0 bridgehead atoms. The number of methoxy groups -OCH3 is 1. The second-order valence-electron chi connectivity index (χ2n) is 6.46. The minimum Gasteiger partial charge on any atom is -0.503 e. The lowest BCUT2D eigenvalue weighted by atomic mass is 9.93. The first kappa shape index (κ1) is 18.4. The SMILES string of the molecule is COc1ccc(C2=C(O)C(=O)N(Cc3ccco3)C2c2cccc(Br)c2)cc1. The Kier molecular flexibility index (Phi) is 4.96. The van der Waals surface area contributed by atoms with Crippen molar-refractivity contribution in [1.29, 1.82) is 0 Å². The number of rotatable bonds is 5. The Morgan fingerprint density at radius 1 is 1.14 bits per heavy atom. The number of aliphatic hydroxyl groups is 1. The van der Waals surface area contributed by atoms with Crippen LogP contribution < -0.4 is 4.74 Å². The molecule has 3 aromatic rings. The molecule has 5 nitrogen and oxygen atoms in total. The molecule has 0 radical (unpaired) electrons. The van der Waals surface area contributed by atoms with Crippen LogP contribution in [0.25, 0.3) is 5.57 Å². The summed E-state index contributed by atoms with van der Waals surface area (Å²) in [6.45, 7) is 0.257. The highest BCUT2D eigenvalue weighted by Gasteiger charge is 2.41. The van der Waals surface area contributed by atoms with Crippen LogP contribution in [0.1, 0.15) is 22.9 Å². The van der Waals surface area contributed by atoms with Gasteiger partial charge in [-0.1, -0.05) is 40.2 Å². The van der Waals surface area contributed by atoms with Gasteiger partial charge in [-0.2, -0.15) is 0 Å². The fraction of sp³-hybridized carbons (Fsp3) is 0.136. The van der Waals surface area contributed by atoms with E-state index in [-0.39, 0.29) is 12.3 Å². The minimum atomic E-state index is -0.441. The Morgan fingerprint density at radius 3 is 2.57 bits per heavy atom. The second kappa shape index (κ2) is 7.56. The van der Waals surface area contributed by atoms with Crippen LogP contribution in [0.4, 0.5) is 0 Å². The Bertz CT molecular complexity index is 1020. The fourth-order valence-electron chi connectivity index (χ4n) is 3.48. The number of benzene rings is 2. The Labute approximate surface area is 171 Å². The number of hydrogen-bond acceptors (Lipinski definition) is 4. The van der Waals surface area contributed by atoms with E-state index in [0.29, 0.717) is 17.1 Å². The standard InChI is InChI=1S/C22H18BrNO4/c1-27-17-9-7-14(8-10-17)19-20(15-4-2-5-16(23)12-15)24(22(26)21(19)25)13-18-6-3-11-28-18/h2-12,20,25H,13H2,1H3.